The molecule has 0 saturated carbocycles. The molecule has 0 aliphatic carbocycles. The summed E-state index contributed by atoms with van der Waals surface area (Å²) in [6.45, 7) is 9.63. The molecule has 0 aliphatic heterocycles. The van der Waals surface area contributed by atoms with E-state index in [2.05, 4.69) is 41.4 Å². The van der Waals surface area contributed by atoms with Crippen LogP contribution in [0.4, 0.5) is 6.01 Å². The van der Waals surface area contributed by atoms with Crippen LogP contribution in [0.2, 0.25) is 0 Å². The Morgan fingerprint density at radius 2 is 1.95 bits per heavy atom. The number of hydrogen-bond donors (Lipinski definition) is 1. The highest BCUT2D eigenvalue weighted by Gasteiger charge is 2.14. The van der Waals surface area contributed by atoms with Crippen LogP contribution in [0.15, 0.2) is 4.42 Å². The molecule has 7 heteroatoms. The molecule has 0 radical (unpaired) electrons. The van der Waals surface area contributed by atoms with E-state index < -0.39 is 0 Å². The largest absolute Gasteiger partial charge is 0.407 e. The molecule has 0 saturated heterocycles. The van der Waals surface area contributed by atoms with E-state index in [0.29, 0.717) is 31.0 Å². The molecule has 2 heterocycles. The van der Waals surface area contributed by atoms with Crippen LogP contribution in [0.3, 0.4) is 0 Å². The second kappa shape index (κ2) is 6.26. The normalized spacial score (nSPS) is 11.6. The zero-order valence-corrected chi connectivity index (χ0v) is 13.6. The Morgan fingerprint density at radius 3 is 2.52 bits per heavy atom. The molecule has 2 rings (SSSR count). The van der Waals surface area contributed by atoms with Crippen LogP contribution in [0.5, 0.6) is 0 Å². The lowest BCUT2D eigenvalue weighted by molar-refractivity contribution is 0.344. The third-order valence-corrected chi connectivity index (χ3v) is 3.30. The van der Waals surface area contributed by atoms with Gasteiger partial charge in [-0.1, -0.05) is 5.10 Å². The zero-order valence-electron chi connectivity index (χ0n) is 13.6. The van der Waals surface area contributed by atoms with Gasteiger partial charge in [-0.05, 0) is 41.8 Å². The molecule has 0 atom stereocenters. The van der Waals surface area contributed by atoms with Gasteiger partial charge in [0.2, 0.25) is 5.89 Å². The fourth-order valence-corrected chi connectivity index (χ4v) is 2.28. The average molecular weight is 292 g/mol. The maximum absolute atomic E-state index is 5.55. The first-order valence-corrected chi connectivity index (χ1v) is 7.14. The lowest BCUT2D eigenvalue weighted by Gasteiger charge is -2.08. The average Bonchev–Trinajstić information content (AvgIpc) is 2.92. The van der Waals surface area contributed by atoms with Crippen molar-refractivity contribution in [2.24, 2.45) is 0 Å². The van der Waals surface area contributed by atoms with Gasteiger partial charge in [0.1, 0.15) is 0 Å². The van der Waals surface area contributed by atoms with Crippen LogP contribution in [0.1, 0.15) is 42.7 Å². The Morgan fingerprint density at radius 1 is 1.24 bits per heavy atom. The number of aromatic nitrogens is 4. The second-order valence-electron chi connectivity index (χ2n) is 5.78. The summed E-state index contributed by atoms with van der Waals surface area (Å²) in [7, 11) is 3.93. The van der Waals surface area contributed by atoms with Crippen molar-refractivity contribution in [1.29, 1.82) is 0 Å². The molecule has 21 heavy (non-hydrogen) atoms. The predicted molar refractivity (Wildman–Crippen MR) is 81.1 cm³/mol. The minimum atomic E-state index is 0.354. The number of hydrogen-bond acceptors (Lipinski definition) is 6. The molecule has 0 amide bonds. The predicted octanol–water partition coefficient (Wildman–Crippen LogP) is 2.14. The van der Waals surface area contributed by atoms with E-state index in [1.54, 1.807) is 0 Å². The van der Waals surface area contributed by atoms with Crippen LogP contribution in [0, 0.1) is 13.8 Å². The zero-order chi connectivity index (χ0) is 15.6. The van der Waals surface area contributed by atoms with Gasteiger partial charge in [-0.2, -0.15) is 5.10 Å². The van der Waals surface area contributed by atoms with Crippen LogP contribution < -0.4 is 5.32 Å². The molecule has 0 fully saturated rings. The summed E-state index contributed by atoms with van der Waals surface area (Å²) in [4.78, 5) is 1.98. The number of nitrogens with zero attached hydrogens (tertiary/aromatic N) is 5. The van der Waals surface area contributed by atoms with Crippen LogP contribution in [0.25, 0.3) is 0 Å². The van der Waals surface area contributed by atoms with Crippen molar-refractivity contribution in [3.63, 3.8) is 0 Å². The van der Waals surface area contributed by atoms with Gasteiger partial charge in [-0.3, -0.25) is 4.68 Å². The molecular weight excluding hydrogens is 268 g/mol. The Balaban J connectivity index is 2.05. The van der Waals surface area contributed by atoms with Crippen molar-refractivity contribution in [2.45, 2.75) is 46.8 Å². The van der Waals surface area contributed by atoms with Gasteiger partial charge < -0.3 is 14.6 Å². The maximum atomic E-state index is 5.55. The Labute approximate surface area is 125 Å². The molecule has 0 aromatic carbocycles. The van der Waals surface area contributed by atoms with E-state index >= 15 is 0 Å². The quantitative estimate of drug-likeness (QED) is 0.879. The third kappa shape index (κ3) is 3.60. The van der Waals surface area contributed by atoms with Crippen molar-refractivity contribution in [2.75, 3.05) is 19.4 Å². The van der Waals surface area contributed by atoms with E-state index in [1.807, 2.05) is 30.6 Å². The highest BCUT2D eigenvalue weighted by Crippen LogP contribution is 2.18. The topological polar surface area (TPSA) is 72.0 Å². The minimum absolute atomic E-state index is 0.354. The summed E-state index contributed by atoms with van der Waals surface area (Å²) in [6.07, 6.45) is 0. The molecule has 0 aliphatic rings. The van der Waals surface area contributed by atoms with E-state index in [9.17, 15) is 0 Å². The van der Waals surface area contributed by atoms with Gasteiger partial charge >= 0.3 is 6.01 Å². The molecule has 1 N–H and O–H groups in total. The van der Waals surface area contributed by atoms with Gasteiger partial charge in [0.05, 0.1) is 12.2 Å². The van der Waals surface area contributed by atoms with Crippen LogP contribution in [-0.2, 0) is 13.1 Å². The second-order valence-corrected chi connectivity index (χ2v) is 5.78. The molecule has 0 unspecified atom stereocenters. The van der Waals surface area contributed by atoms with Gasteiger partial charge in [0.15, 0.2) is 0 Å². The molecule has 7 nitrogen and oxygen atoms in total. The fourth-order valence-electron chi connectivity index (χ4n) is 2.28. The third-order valence-electron chi connectivity index (χ3n) is 3.30. The van der Waals surface area contributed by atoms with Crippen molar-refractivity contribution < 1.29 is 4.42 Å². The molecule has 2 aromatic heterocycles. The lowest BCUT2D eigenvalue weighted by Crippen LogP contribution is -2.10. The minimum Gasteiger partial charge on any atom is -0.407 e. The number of rotatable bonds is 6. The summed E-state index contributed by atoms with van der Waals surface area (Å²) >= 11 is 0. The maximum Gasteiger partial charge on any atom is 0.315 e. The summed E-state index contributed by atoms with van der Waals surface area (Å²) in [5.41, 5.74) is 3.38. The van der Waals surface area contributed by atoms with E-state index in [4.69, 9.17) is 4.42 Å². The molecular formula is C14H24N6O. The summed E-state index contributed by atoms with van der Waals surface area (Å²) in [5, 5.41) is 15.8. The van der Waals surface area contributed by atoms with Crippen molar-refractivity contribution in [3.8, 4) is 0 Å². The fraction of sp³-hybridized carbons (Fsp3) is 0.643. The van der Waals surface area contributed by atoms with E-state index in [-0.39, 0.29) is 0 Å². The van der Waals surface area contributed by atoms with Gasteiger partial charge in [0.25, 0.3) is 0 Å². The van der Waals surface area contributed by atoms with E-state index in [1.165, 1.54) is 11.3 Å². The molecule has 2 aromatic rings. The SMILES string of the molecule is Cc1nn(C(C)C)c(C)c1CNc1nnc(CN(C)C)o1. The first kappa shape index (κ1) is 15.5. The molecule has 0 bridgehead atoms. The van der Waals surface area contributed by atoms with Crippen LogP contribution >= 0.6 is 0 Å². The van der Waals surface area contributed by atoms with Crippen molar-refractivity contribution >= 4 is 6.01 Å². The first-order valence-electron chi connectivity index (χ1n) is 7.14. The standard InChI is InChI=1S/C14H24N6O/c1-9(2)20-11(4)12(10(3)18-20)7-15-14-17-16-13(21-14)8-19(5)6/h9H,7-8H2,1-6H3,(H,15,17). The highest BCUT2D eigenvalue weighted by atomic mass is 16.4. The first-order chi connectivity index (χ1) is 9.88. The number of nitrogens with one attached hydrogen (secondary N) is 1. The smallest absolute Gasteiger partial charge is 0.315 e. The molecule has 116 valence electrons. The monoisotopic (exact) mass is 292 g/mol. The Kier molecular flexibility index (Phi) is 4.62. The molecule has 0 spiro atoms. The highest BCUT2D eigenvalue weighted by molar-refractivity contribution is 5.30. The lowest BCUT2D eigenvalue weighted by atomic mass is 10.2. The number of aryl methyl sites for hydroxylation is 1. The van der Waals surface area contributed by atoms with Crippen molar-refractivity contribution in [1.82, 2.24) is 24.9 Å². The van der Waals surface area contributed by atoms with Gasteiger partial charge in [-0.25, -0.2) is 0 Å². The Bertz CT molecular complexity index is 599. The van der Waals surface area contributed by atoms with Crippen LogP contribution in [-0.4, -0.2) is 39.0 Å². The summed E-state index contributed by atoms with van der Waals surface area (Å²) < 4.78 is 7.59. The summed E-state index contributed by atoms with van der Waals surface area (Å²) in [5.74, 6) is 0.605. The van der Waals surface area contributed by atoms with Crippen molar-refractivity contribution in [3.05, 3.63) is 22.8 Å². The number of anilines is 1. The van der Waals surface area contributed by atoms with Gasteiger partial charge in [-0.15, -0.1) is 5.10 Å². The summed E-state index contributed by atoms with van der Waals surface area (Å²) in [6, 6.07) is 0.801. The van der Waals surface area contributed by atoms with E-state index in [0.717, 1.165) is 5.69 Å². The Hall–Kier alpha value is -1.89. The van der Waals surface area contributed by atoms with Gasteiger partial charge in [0, 0.05) is 23.8 Å².